The van der Waals surface area contributed by atoms with Crippen LogP contribution in [-0.4, -0.2) is 249 Å². The predicted octanol–water partition coefficient (Wildman–Crippen LogP) is 1.71. The molecule has 38 nitrogen and oxygen atoms in total. The summed E-state index contributed by atoms with van der Waals surface area (Å²) in [7, 11) is 0. The topological polar surface area (TPSA) is 500 Å². The van der Waals surface area contributed by atoms with Crippen molar-refractivity contribution in [2.24, 2.45) is 23.3 Å². The van der Waals surface area contributed by atoms with E-state index in [1.807, 2.05) is 20.8 Å². The number of hydrogen-bond acceptors (Lipinski definition) is 32. The van der Waals surface area contributed by atoms with Crippen molar-refractivity contribution in [1.29, 1.82) is 0 Å². The van der Waals surface area contributed by atoms with Crippen LogP contribution in [0.2, 0.25) is 0 Å². The van der Waals surface area contributed by atoms with Gasteiger partial charge in [-0.3, -0.25) is 47.9 Å². The molecule has 1 aromatic rings. The number of carbonyl (C=O) groups is 13. The quantitative estimate of drug-likeness (QED) is 0.0160. The number of nitrogens with two attached hydrogens (primary N) is 2. The van der Waals surface area contributed by atoms with Gasteiger partial charge < -0.3 is 118 Å². The van der Waals surface area contributed by atoms with Gasteiger partial charge in [0.05, 0.1) is 71.1 Å². The van der Waals surface area contributed by atoms with Gasteiger partial charge in [0.1, 0.15) is 25.1 Å². The van der Waals surface area contributed by atoms with Gasteiger partial charge in [0, 0.05) is 110 Å². The summed E-state index contributed by atoms with van der Waals surface area (Å²) in [6.45, 7) is 11.9. The van der Waals surface area contributed by atoms with Gasteiger partial charge in [0.2, 0.25) is 17.7 Å². The highest BCUT2D eigenvalue weighted by atomic mass is 16.8. The van der Waals surface area contributed by atoms with Crippen molar-refractivity contribution in [3.8, 4) is 0 Å². The van der Waals surface area contributed by atoms with Crippen LogP contribution in [0.3, 0.4) is 0 Å². The Morgan fingerprint density at radius 1 is 0.477 bits per heavy atom. The van der Waals surface area contributed by atoms with E-state index in [2.05, 4.69) is 26.7 Å². The van der Waals surface area contributed by atoms with Crippen molar-refractivity contribution in [2.75, 3.05) is 85.7 Å². The summed E-state index contributed by atoms with van der Waals surface area (Å²) >= 11 is 0. The zero-order valence-corrected chi connectivity index (χ0v) is 62.1. The van der Waals surface area contributed by atoms with E-state index in [1.165, 1.54) is 13.8 Å². The standard InChI is InChI=1S/C69H107N7O31/c1-10-50-41(3)56(76-98-40-77)59(100-45(7)80)63(103-50)93-36-33-91-30-27-72-53(84)20-24-69(75-55(86)22-26-74-68(89)97-38-48-16-13-12-14-17-48,23-19-49(83)18-15-29-90-32-35-94-64-61(101-46(8)81)57(106-66(70)87)42(4)51(11-2)104-64)25-21-54(85)73-28-31-92-34-37-95-65-62(102-47(9)82)60(107-67(71)88)58(99-44(6)79)52(105-65)39-96-43(5)78/h12-14,16-17,40-42,50-52,56-65,76H,10-11,15,18-39H2,1-9H3,(H2,70,87)(H2,71,88)(H,72,84)(H,73,85)(H,74,89)(H,75,86)/t41-,42-,50-,51-,52-,56+,57+,58?,59?,60+,61?,62?,63+,64+,65+,69?/m1/s1. The third kappa shape index (κ3) is 34.5. The van der Waals surface area contributed by atoms with Gasteiger partial charge in [0.15, 0.2) is 55.5 Å². The van der Waals surface area contributed by atoms with Crippen LogP contribution in [0.5, 0.6) is 0 Å². The lowest BCUT2D eigenvalue weighted by Crippen LogP contribution is -2.63. The Morgan fingerprint density at radius 2 is 0.953 bits per heavy atom. The van der Waals surface area contributed by atoms with Gasteiger partial charge in [-0.1, -0.05) is 58.0 Å². The van der Waals surface area contributed by atoms with Crippen LogP contribution < -0.4 is 38.2 Å². The molecule has 3 aliphatic rings. The predicted molar refractivity (Wildman–Crippen MR) is 365 cm³/mol. The molecular formula is C69H107N7O31. The molecule has 3 heterocycles. The van der Waals surface area contributed by atoms with Crippen molar-refractivity contribution in [3.05, 3.63) is 35.9 Å². The Balaban J connectivity index is 1.46. The first-order valence-electron chi connectivity index (χ1n) is 35.5. The highest BCUT2D eigenvalue weighted by molar-refractivity contribution is 5.81. The summed E-state index contributed by atoms with van der Waals surface area (Å²) in [5.74, 6) is -6.29. The summed E-state index contributed by atoms with van der Waals surface area (Å²) in [5, 5.41) is 11.1. The van der Waals surface area contributed by atoms with E-state index in [4.69, 9.17) is 96.8 Å². The van der Waals surface area contributed by atoms with Crippen molar-refractivity contribution in [3.63, 3.8) is 0 Å². The molecule has 0 saturated carbocycles. The first-order chi connectivity index (χ1) is 51.1. The summed E-state index contributed by atoms with van der Waals surface area (Å²) < 4.78 is 95.8. The van der Waals surface area contributed by atoms with Crippen molar-refractivity contribution in [2.45, 2.75) is 225 Å². The highest BCUT2D eigenvalue weighted by Gasteiger charge is 2.54. The van der Waals surface area contributed by atoms with Gasteiger partial charge in [-0.25, -0.2) is 14.4 Å². The van der Waals surface area contributed by atoms with Crippen LogP contribution in [0.25, 0.3) is 0 Å². The third-order valence-corrected chi connectivity index (χ3v) is 17.1. The minimum Gasteiger partial charge on any atom is -0.463 e. The molecule has 3 saturated heterocycles. The number of amides is 6. The second-order valence-corrected chi connectivity index (χ2v) is 25.3. The van der Waals surface area contributed by atoms with E-state index in [0.29, 0.717) is 12.8 Å². The number of Topliss-reactive ketones (excluding diaryl/α,β-unsaturated/α-hetero) is 1. The van der Waals surface area contributed by atoms with Crippen LogP contribution in [0, 0.1) is 11.8 Å². The van der Waals surface area contributed by atoms with Crippen LogP contribution in [0.15, 0.2) is 30.3 Å². The lowest BCUT2D eigenvalue weighted by Gasteiger charge is -2.44. The molecule has 0 spiro atoms. The second-order valence-electron chi connectivity index (χ2n) is 25.3. The maximum absolute atomic E-state index is 14.1. The molecule has 0 bridgehead atoms. The molecular weight excluding hydrogens is 1420 g/mol. The zero-order valence-electron chi connectivity index (χ0n) is 62.1. The minimum atomic E-state index is -1.59. The van der Waals surface area contributed by atoms with Crippen LogP contribution in [0.4, 0.5) is 14.4 Å². The van der Waals surface area contributed by atoms with Crippen molar-refractivity contribution < 1.29 is 148 Å². The molecule has 9 N–H and O–H groups in total. The number of carbonyl (C=O) groups excluding carboxylic acids is 13. The number of hydrogen-bond donors (Lipinski definition) is 7. The largest absolute Gasteiger partial charge is 0.463 e. The highest BCUT2D eigenvalue weighted by Crippen LogP contribution is 2.35. The Labute approximate surface area is 620 Å². The molecule has 38 heteroatoms. The smallest absolute Gasteiger partial charge is 0.407 e. The van der Waals surface area contributed by atoms with E-state index < -0.39 is 158 Å². The number of alkyl carbamates (subject to hydrolysis) is 1. The number of ketones is 1. The third-order valence-electron chi connectivity index (χ3n) is 17.1. The fourth-order valence-corrected chi connectivity index (χ4v) is 12.0. The van der Waals surface area contributed by atoms with E-state index >= 15 is 0 Å². The Bertz CT molecular complexity index is 2970. The monoisotopic (exact) mass is 1530 g/mol. The first-order valence-corrected chi connectivity index (χ1v) is 35.5. The Morgan fingerprint density at radius 3 is 1.47 bits per heavy atom. The molecule has 0 aliphatic carbocycles. The number of ether oxygens (including phenoxy) is 17. The maximum Gasteiger partial charge on any atom is 0.407 e. The summed E-state index contributed by atoms with van der Waals surface area (Å²) in [6, 6.07) is 8.21. The molecule has 16 atom stereocenters. The second kappa shape index (κ2) is 49.5. The number of esters is 5. The molecule has 3 aliphatic heterocycles. The van der Waals surface area contributed by atoms with Gasteiger partial charge >= 0.3 is 54.6 Å². The zero-order chi connectivity index (χ0) is 78.8. The fraction of sp³-hybridized carbons (Fsp3) is 0.725. The Kier molecular flexibility index (Phi) is 42.0. The summed E-state index contributed by atoms with van der Waals surface area (Å²) in [6.07, 6.45) is -16.7. The first kappa shape index (κ1) is 90.9. The minimum absolute atomic E-state index is 0.00180. The van der Waals surface area contributed by atoms with Gasteiger partial charge in [0.25, 0.3) is 0 Å². The molecule has 1 aromatic carbocycles. The average molecular weight is 1530 g/mol. The number of nitrogens with one attached hydrogen (secondary N) is 5. The molecule has 0 aromatic heterocycles. The van der Waals surface area contributed by atoms with Gasteiger partial charge in [-0.15, -0.1) is 5.48 Å². The summed E-state index contributed by atoms with van der Waals surface area (Å²) in [4.78, 5) is 168. The lowest BCUT2D eigenvalue weighted by molar-refractivity contribution is -0.306. The SMILES string of the molecule is CC[C@H]1O[C@H](OCCOCCNC(=O)CCC(CCC(=O)CCCOCCO[C@H]2O[C@H](CC)[C@@H](C)[C@H](OC(N)=O)C2OC(C)=O)(CCC(=O)NCCOCCO[C@H]2O[C@H](COC(C)=O)C(OC(C)=O)[C@H](OC(N)=O)C2OC(C)=O)NC(=O)CCNC(=O)OCc2ccccc2)C(OC(C)=O)[C@@H](NOC=O)[C@@H]1C. The molecule has 0 radical (unpaired) electrons. The van der Waals surface area contributed by atoms with Gasteiger partial charge in [-0.05, 0) is 44.1 Å². The maximum atomic E-state index is 14.1. The molecule has 107 heavy (non-hydrogen) atoms. The normalized spacial score (nSPS) is 24.4. The van der Waals surface area contributed by atoms with Crippen molar-refractivity contribution in [1.82, 2.24) is 26.7 Å². The van der Waals surface area contributed by atoms with E-state index in [9.17, 15) is 62.3 Å². The molecule has 4 rings (SSSR count). The molecule has 6 amide bonds. The van der Waals surface area contributed by atoms with E-state index in [1.54, 1.807) is 37.3 Å². The fourth-order valence-electron chi connectivity index (χ4n) is 12.0. The molecule has 604 valence electrons. The van der Waals surface area contributed by atoms with E-state index in [-0.39, 0.29) is 168 Å². The van der Waals surface area contributed by atoms with Crippen LogP contribution >= 0.6 is 0 Å². The number of benzene rings is 1. The van der Waals surface area contributed by atoms with E-state index in [0.717, 1.165) is 26.3 Å². The molecule has 5 unspecified atom stereocenters. The number of primary amides is 2. The summed E-state index contributed by atoms with van der Waals surface area (Å²) in [5.41, 5.74) is 12.6. The molecule has 3 fully saturated rings. The van der Waals surface area contributed by atoms with Gasteiger partial charge in [-0.2, -0.15) is 0 Å². The Hall–Kier alpha value is -8.47. The lowest BCUT2D eigenvalue weighted by atomic mass is 9.82. The van der Waals surface area contributed by atoms with Crippen LogP contribution in [0.1, 0.15) is 139 Å². The van der Waals surface area contributed by atoms with Crippen LogP contribution in [-0.2, 0) is 140 Å². The average Bonchev–Trinajstić information content (AvgIpc) is 0.795. The number of hydroxylamine groups is 1. The number of rotatable bonds is 50. The van der Waals surface area contributed by atoms with Crippen molar-refractivity contribution >= 4 is 78.1 Å².